The van der Waals surface area contributed by atoms with Crippen molar-refractivity contribution in [1.29, 1.82) is 5.26 Å². The molecular weight excluding hydrogens is 298 g/mol. The lowest BCUT2D eigenvalue weighted by atomic mass is 10.1. The van der Waals surface area contributed by atoms with Crippen molar-refractivity contribution in [3.63, 3.8) is 0 Å². The number of amides is 1. The van der Waals surface area contributed by atoms with Crippen LogP contribution in [0.2, 0.25) is 0 Å². The van der Waals surface area contributed by atoms with E-state index in [2.05, 4.69) is 0 Å². The maximum absolute atomic E-state index is 13.8. The van der Waals surface area contributed by atoms with Crippen molar-refractivity contribution in [2.75, 3.05) is 6.54 Å². The minimum Gasteiger partial charge on any atom is -0.334 e. The standard InChI is InChI=1S/C18H16F2N2O/c1-2-9-22(12-14-5-3-13(11-21)4-6-14)18(23)16-8-7-15(19)10-17(16)20/h3-8,10H,2,9,12H2,1H3. The molecule has 0 radical (unpaired) electrons. The molecule has 3 nitrogen and oxygen atoms in total. The zero-order valence-electron chi connectivity index (χ0n) is 12.7. The van der Waals surface area contributed by atoms with Crippen LogP contribution in [0.3, 0.4) is 0 Å². The van der Waals surface area contributed by atoms with Gasteiger partial charge >= 0.3 is 0 Å². The molecule has 5 heteroatoms. The molecule has 0 spiro atoms. The average Bonchev–Trinajstić information content (AvgIpc) is 2.54. The molecule has 0 aliphatic heterocycles. The topological polar surface area (TPSA) is 44.1 Å². The van der Waals surface area contributed by atoms with Gasteiger partial charge in [-0.1, -0.05) is 19.1 Å². The van der Waals surface area contributed by atoms with Crippen LogP contribution < -0.4 is 0 Å². The van der Waals surface area contributed by atoms with Crippen molar-refractivity contribution in [3.8, 4) is 6.07 Å². The van der Waals surface area contributed by atoms with Crippen LogP contribution in [0.25, 0.3) is 0 Å². The third kappa shape index (κ3) is 4.13. The highest BCUT2D eigenvalue weighted by Crippen LogP contribution is 2.15. The Hall–Kier alpha value is -2.74. The number of hydrogen-bond acceptors (Lipinski definition) is 2. The first kappa shape index (κ1) is 16.6. The molecule has 1 amide bonds. The van der Waals surface area contributed by atoms with E-state index in [1.54, 1.807) is 24.3 Å². The van der Waals surface area contributed by atoms with Crippen LogP contribution in [-0.4, -0.2) is 17.4 Å². The van der Waals surface area contributed by atoms with Crippen LogP contribution in [-0.2, 0) is 6.54 Å². The summed E-state index contributed by atoms with van der Waals surface area (Å²) in [5.41, 5.74) is 1.23. The lowest BCUT2D eigenvalue weighted by Gasteiger charge is -2.22. The second-order valence-corrected chi connectivity index (χ2v) is 5.16. The molecule has 0 saturated heterocycles. The summed E-state index contributed by atoms with van der Waals surface area (Å²) in [6.45, 7) is 2.67. The van der Waals surface area contributed by atoms with Crippen molar-refractivity contribution in [2.45, 2.75) is 19.9 Å². The Morgan fingerprint density at radius 1 is 1.17 bits per heavy atom. The van der Waals surface area contributed by atoms with Crippen LogP contribution in [0, 0.1) is 23.0 Å². The molecule has 2 aromatic carbocycles. The number of benzene rings is 2. The van der Waals surface area contributed by atoms with Gasteiger partial charge in [0, 0.05) is 19.2 Å². The summed E-state index contributed by atoms with van der Waals surface area (Å²) in [6.07, 6.45) is 0.713. The number of nitriles is 1. The molecule has 0 saturated carbocycles. The summed E-state index contributed by atoms with van der Waals surface area (Å²) in [4.78, 5) is 14.0. The quantitative estimate of drug-likeness (QED) is 0.840. The largest absolute Gasteiger partial charge is 0.334 e. The van der Waals surface area contributed by atoms with Crippen molar-refractivity contribution in [3.05, 3.63) is 70.8 Å². The Kier molecular flexibility index (Phi) is 5.42. The van der Waals surface area contributed by atoms with Gasteiger partial charge in [-0.05, 0) is 36.2 Å². The number of hydrogen-bond donors (Lipinski definition) is 0. The fourth-order valence-corrected chi connectivity index (χ4v) is 2.26. The SMILES string of the molecule is CCCN(Cc1ccc(C#N)cc1)C(=O)c1ccc(F)cc1F. The van der Waals surface area contributed by atoms with Crippen LogP contribution in [0.1, 0.15) is 34.8 Å². The molecule has 0 aromatic heterocycles. The Bertz CT molecular complexity index is 736. The third-order valence-corrected chi connectivity index (χ3v) is 3.40. The molecule has 2 aromatic rings. The molecule has 0 unspecified atom stereocenters. The average molecular weight is 314 g/mol. The molecule has 0 N–H and O–H groups in total. The summed E-state index contributed by atoms with van der Waals surface area (Å²) < 4.78 is 26.8. The Morgan fingerprint density at radius 2 is 1.87 bits per heavy atom. The van der Waals surface area contributed by atoms with Crippen molar-refractivity contribution >= 4 is 5.91 Å². The smallest absolute Gasteiger partial charge is 0.257 e. The number of carbonyl (C=O) groups is 1. The number of rotatable bonds is 5. The van der Waals surface area contributed by atoms with Crippen LogP contribution in [0.15, 0.2) is 42.5 Å². The maximum atomic E-state index is 13.8. The molecule has 0 aliphatic carbocycles. The van der Waals surface area contributed by atoms with Crippen molar-refractivity contribution in [2.24, 2.45) is 0 Å². The summed E-state index contributed by atoms with van der Waals surface area (Å²) in [5, 5.41) is 8.80. The van der Waals surface area contributed by atoms with E-state index in [0.717, 1.165) is 17.7 Å². The second-order valence-electron chi connectivity index (χ2n) is 5.16. The predicted molar refractivity (Wildman–Crippen MR) is 82.5 cm³/mol. The summed E-state index contributed by atoms with van der Waals surface area (Å²) in [5.74, 6) is -2.06. The third-order valence-electron chi connectivity index (χ3n) is 3.40. The first-order valence-electron chi connectivity index (χ1n) is 7.28. The fourth-order valence-electron chi connectivity index (χ4n) is 2.26. The monoisotopic (exact) mass is 314 g/mol. The Balaban J connectivity index is 2.22. The molecule has 0 fully saturated rings. The Labute approximate surface area is 133 Å². The van der Waals surface area contributed by atoms with Gasteiger partial charge in [-0.25, -0.2) is 8.78 Å². The van der Waals surface area contributed by atoms with Gasteiger partial charge in [-0.3, -0.25) is 4.79 Å². The minimum absolute atomic E-state index is 0.145. The van der Waals surface area contributed by atoms with Crippen LogP contribution in [0.4, 0.5) is 8.78 Å². The highest BCUT2D eigenvalue weighted by Gasteiger charge is 2.19. The summed E-state index contributed by atoms with van der Waals surface area (Å²) in [6, 6.07) is 11.8. The van der Waals surface area contributed by atoms with E-state index in [9.17, 15) is 13.6 Å². The molecule has 0 aliphatic rings. The highest BCUT2D eigenvalue weighted by atomic mass is 19.1. The van der Waals surface area contributed by atoms with E-state index in [-0.39, 0.29) is 5.56 Å². The van der Waals surface area contributed by atoms with Gasteiger partial charge < -0.3 is 4.90 Å². The second kappa shape index (κ2) is 7.50. The van der Waals surface area contributed by atoms with E-state index in [0.29, 0.717) is 31.1 Å². The summed E-state index contributed by atoms with van der Waals surface area (Å²) >= 11 is 0. The van der Waals surface area contributed by atoms with Gasteiger partial charge in [0.15, 0.2) is 0 Å². The lowest BCUT2D eigenvalue weighted by Crippen LogP contribution is -2.32. The van der Waals surface area contributed by atoms with Crippen molar-refractivity contribution < 1.29 is 13.6 Å². The Morgan fingerprint density at radius 3 is 2.43 bits per heavy atom. The van der Waals surface area contributed by atoms with Gasteiger partial charge in [0.2, 0.25) is 0 Å². The maximum Gasteiger partial charge on any atom is 0.257 e. The first-order chi connectivity index (χ1) is 11.0. The van der Waals surface area contributed by atoms with Crippen molar-refractivity contribution in [1.82, 2.24) is 4.90 Å². The molecular formula is C18H16F2N2O. The number of nitrogens with zero attached hydrogens (tertiary/aromatic N) is 2. The van der Waals surface area contributed by atoms with E-state index >= 15 is 0 Å². The molecule has 0 bridgehead atoms. The minimum atomic E-state index is -0.865. The van der Waals surface area contributed by atoms with E-state index < -0.39 is 17.5 Å². The number of halogens is 2. The van der Waals surface area contributed by atoms with Gasteiger partial charge in [-0.2, -0.15) is 5.26 Å². The summed E-state index contributed by atoms with van der Waals surface area (Å²) in [7, 11) is 0. The normalized spacial score (nSPS) is 10.2. The fraction of sp³-hybridized carbons (Fsp3) is 0.222. The first-order valence-corrected chi connectivity index (χ1v) is 7.28. The van der Waals surface area contributed by atoms with Crippen LogP contribution >= 0.6 is 0 Å². The van der Waals surface area contributed by atoms with E-state index in [4.69, 9.17) is 5.26 Å². The van der Waals surface area contributed by atoms with Gasteiger partial charge in [0.1, 0.15) is 11.6 Å². The van der Waals surface area contributed by atoms with E-state index in [1.807, 2.05) is 13.0 Å². The highest BCUT2D eigenvalue weighted by molar-refractivity contribution is 5.94. The number of carbonyl (C=O) groups excluding carboxylic acids is 1. The van der Waals surface area contributed by atoms with Gasteiger partial charge in [-0.15, -0.1) is 0 Å². The van der Waals surface area contributed by atoms with E-state index in [1.165, 1.54) is 4.90 Å². The zero-order chi connectivity index (χ0) is 16.8. The van der Waals surface area contributed by atoms with Crippen LogP contribution in [0.5, 0.6) is 0 Å². The zero-order valence-corrected chi connectivity index (χ0v) is 12.7. The van der Waals surface area contributed by atoms with Gasteiger partial charge in [0.25, 0.3) is 5.91 Å². The van der Waals surface area contributed by atoms with Gasteiger partial charge in [0.05, 0.1) is 17.2 Å². The predicted octanol–water partition coefficient (Wildman–Crippen LogP) is 3.89. The molecule has 23 heavy (non-hydrogen) atoms. The lowest BCUT2D eigenvalue weighted by molar-refractivity contribution is 0.0738. The molecule has 118 valence electrons. The molecule has 0 atom stereocenters. The molecule has 0 heterocycles. The molecule has 2 rings (SSSR count).